The number of fused-ring (bicyclic) bond motifs is 1. The van der Waals surface area contributed by atoms with Gasteiger partial charge in [0.15, 0.2) is 0 Å². The van der Waals surface area contributed by atoms with Crippen molar-refractivity contribution in [2.24, 2.45) is 0 Å². The highest BCUT2D eigenvalue weighted by Crippen LogP contribution is 2.25. The molecule has 1 aliphatic heterocycles. The Morgan fingerprint density at radius 3 is 3.20 bits per heavy atom. The maximum absolute atomic E-state index is 11.1. The van der Waals surface area contributed by atoms with Crippen molar-refractivity contribution in [2.45, 2.75) is 19.3 Å². The fraction of sp³-hybridized carbons (Fsp3) is 0.417. The highest BCUT2D eigenvalue weighted by atomic mass is 16.5. The van der Waals surface area contributed by atoms with Crippen LogP contribution < -0.4 is 4.74 Å². The van der Waals surface area contributed by atoms with Gasteiger partial charge in [-0.15, -0.1) is 0 Å². The summed E-state index contributed by atoms with van der Waals surface area (Å²) in [4.78, 5) is 11.1. The highest BCUT2D eigenvalue weighted by molar-refractivity contribution is 5.72. The minimum Gasteiger partial charge on any atom is -0.493 e. The lowest BCUT2D eigenvalue weighted by atomic mass is 10.0. The van der Waals surface area contributed by atoms with Crippen molar-refractivity contribution >= 4 is 5.97 Å². The molecule has 80 valence electrons. The molecule has 0 spiro atoms. The third kappa shape index (κ3) is 2.29. The van der Waals surface area contributed by atoms with E-state index in [1.54, 1.807) is 0 Å². The van der Waals surface area contributed by atoms with Crippen molar-refractivity contribution in [3.8, 4) is 5.75 Å². The molecule has 0 fully saturated rings. The summed E-state index contributed by atoms with van der Waals surface area (Å²) in [7, 11) is 1.40. The van der Waals surface area contributed by atoms with Gasteiger partial charge in [-0.1, -0.05) is 12.1 Å². The Bertz CT molecular complexity index is 371. The van der Waals surface area contributed by atoms with Gasteiger partial charge in [0, 0.05) is 0 Å². The zero-order chi connectivity index (χ0) is 10.7. The molecule has 0 N–H and O–H groups in total. The van der Waals surface area contributed by atoms with Crippen LogP contribution in [0.15, 0.2) is 18.2 Å². The summed E-state index contributed by atoms with van der Waals surface area (Å²) >= 11 is 0. The number of hydrogen-bond acceptors (Lipinski definition) is 3. The number of carbonyl (C=O) groups is 1. The number of methoxy groups -OCH3 is 1. The molecule has 0 bridgehead atoms. The number of aryl methyl sites for hydroxylation is 1. The predicted molar refractivity (Wildman–Crippen MR) is 56.0 cm³/mol. The van der Waals surface area contributed by atoms with E-state index in [9.17, 15) is 4.79 Å². The summed E-state index contributed by atoms with van der Waals surface area (Å²) in [6.45, 7) is 0.772. The summed E-state index contributed by atoms with van der Waals surface area (Å²) in [5.74, 6) is 0.702. The molecule has 3 heteroatoms. The smallest absolute Gasteiger partial charge is 0.309 e. The van der Waals surface area contributed by atoms with Crippen LogP contribution in [0.4, 0.5) is 0 Å². The first kappa shape index (κ1) is 10.0. The Hall–Kier alpha value is -1.51. The van der Waals surface area contributed by atoms with Crippen molar-refractivity contribution in [3.63, 3.8) is 0 Å². The molecule has 1 aliphatic rings. The second-order valence-corrected chi connectivity index (χ2v) is 3.65. The number of benzene rings is 1. The lowest BCUT2D eigenvalue weighted by Crippen LogP contribution is -2.10. The molecule has 1 aromatic rings. The van der Waals surface area contributed by atoms with Crippen molar-refractivity contribution < 1.29 is 14.3 Å². The summed E-state index contributed by atoms with van der Waals surface area (Å²) in [6, 6.07) is 5.93. The molecule has 0 saturated heterocycles. The van der Waals surface area contributed by atoms with Gasteiger partial charge in [-0.05, 0) is 30.0 Å². The van der Waals surface area contributed by atoms with Gasteiger partial charge in [0.25, 0.3) is 0 Å². The van der Waals surface area contributed by atoms with Crippen molar-refractivity contribution in [1.82, 2.24) is 0 Å². The Morgan fingerprint density at radius 2 is 2.40 bits per heavy atom. The molecule has 0 unspecified atom stereocenters. The first-order valence-corrected chi connectivity index (χ1v) is 5.11. The third-order valence-electron chi connectivity index (χ3n) is 2.56. The van der Waals surface area contributed by atoms with Crippen LogP contribution in [0.2, 0.25) is 0 Å². The molecule has 0 saturated carbocycles. The molecular formula is C12H14O3. The van der Waals surface area contributed by atoms with Crippen LogP contribution in [0.3, 0.4) is 0 Å². The van der Waals surface area contributed by atoms with E-state index in [4.69, 9.17) is 4.74 Å². The third-order valence-corrected chi connectivity index (χ3v) is 2.56. The lowest BCUT2D eigenvalue weighted by Gasteiger charge is -2.17. The second-order valence-electron chi connectivity index (χ2n) is 3.65. The first-order valence-electron chi connectivity index (χ1n) is 5.11. The van der Waals surface area contributed by atoms with Crippen LogP contribution in [-0.4, -0.2) is 19.7 Å². The molecule has 0 atom stereocenters. The van der Waals surface area contributed by atoms with E-state index >= 15 is 0 Å². The van der Waals surface area contributed by atoms with Gasteiger partial charge < -0.3 is 9.47 Å². The van der Waals surface area contributed by atoms with E-state index in [1.165, 1.54) is 12.7 Å². The molecule has 2 rings (SSSR count). The lowest BCUT2D eigenvalue weighted by molar-refractivity contribution is -0.139. The monoisotopic (exact) mass is 206 g/mol. The van der Waals surface area contributed by atoms with E-state index in [1.807, 2.05) is 18.2 Å². The average Bonchev–Trinajstić information content (AvgIpc) is 2.29. The standard InChI is InChI=1S/C12H14O3/c1-14-12(13)8-9-4-5-10-3-2-6-15-11(10)7-9/h4-5,7H,2-3,6,8H2,1H3. The Kier molecular flexibility index (Phi) is 2.90. The topological polar surface area (TPSA) is 35.5 Å². The van der Waals surface area contributed by atoms with Gasteiger partial charge in [0.1, 0.15) is 5.75 Å². The molecule has 1 heterocycles. The number of esters is 1. The first-order chi connectivity index (χ1) is 7.29. The number of carbonyl (C=O) groups excluding carboxylic acids is 1. The predicted octanol–water partition coefficient (Wildman–Crippen LogP) is 1.73. The largest absolute Gasteiger partial charge is 0.493 e. The van der Waals surface area contributed by atoms with Gasteiger partial charge in [-0.3, -0.25) is 4.79 Å². The van der Waals surface area contributed by atoms with Crippen LogP contribution in [-0.2, 0) is 22.4 Å². The van der Waals surface area contributed by atoms with Crippen LogP contribution in [0.1, 0.15) is 17.5 Å². The maximum atomic E-state index is 11.1. The van der Waals surface area contributed by atoms with Crippen molar-refractivity contribution in [1.29, 1.82) is 0 Å². The summed E-state index contributed by atoms with van der Waals surface area (Å²) in [5.41, 5.74) is 2.18. The van der Waals surface area contributed by atoms with Gasteiger partial charge in [0.05, 0.1) is 20.1 Å². The molecule has 0 radical (unpaired) electrons. The minimum absolute atomic E-state index is 0.217. The molecular weight excluding hydrogens is 192 g/mol. The molecule has 0 aliphatic carbocycles. The van der Waals surface area contributed by atoms with Crippen LogP contribution in [0.5, 0.6) is 5.75 Å². The Labute approximate surface area is 89.0 Å². The zero-order valence-electron chi connectivity index (χ0n) is 8.79. The van der Waals surface area contributed by atoms with E-state index in [0.717, 1.165) is 30.8 Å². The molecule has 0 amide bonds. The fourth-order valence-electron chi connectivity index (χ4n) is 1.73. The normalized spacial score (nSPS) is 13.9. The second kappa shape index (κ2) is 4.34. The molecule has 1 aromatic carbocycles. The maximum Gasteiger partial charge on any atom is 0.309 e. The van der Waals surface area contributed by atoms with Crippen LogP contribution >= 0.6 is 0 Å². The molecule has 3 nitrogen and oxygen atoms in total. The van der Waals surface area contributed by atoms with E-state index in [-0.39, 0.29) is 5.97 Å². The zero-order valence-corrected chi connectivity index (χ0v) is 8.79. The van der Waals surface area contributed by atoms with Gasteiger partial charge in [-0.25, -0.2) is 0 Å². The highest BCUT2D eigenvalue weighted by Gasteiger charge is 2.11. The van der Waals surface area contributed by atoms with E-state index < -0.39 is 0 Å². The van der Waals surface area contributed by atoms with E-state index in [0.29, 0.717) is 6.42 Å². The average molecular weight is 206 g/mol. The van der Waals surface area contributed by atoms with Crippen LogP contribution in [0, 0.1) is 0 Å². The van der Waals surface area contributed by atoms with Gasteiger partial charge in [0.2, 0.25) is 0 Å². The molecule has 15 heavy (non-hydrogen) atoms. The van der Waals surface area contributed by atoms with Gasteiger partial charge >= 0.3 is 5.97 Å². The summed E-state index contributed by atoms with van der Waals surface area (Å²) < 4.78 is 10.1. The number of ether oxygens (including phenoxy) is 2. The Balaban J connectivity index is 2.17. The summed E-state index contributed by atoms with van der Waals surface area (Å²) in [5, 5.41) is 0. The minimum atomic E-state index is -0.217. The van der Waals surface area contributed by atoms with Crippen molar-refractivity contribution in [2.75, 3.05) is 13.7 Å². The SMILES string of the molecule is COC(=O)Cc1ccc2c(c1)OCCC2. The Morgan fingerprint density at radius 1 is 1.53 bits per heavy atom. The quantitative estimate of drug-likeness (QED) is 0.691. The fourth-order valence-corrected chi connectivity index (χ4v) is 1.73. The summed E-state index contributed by atoms with van der Waals surface area (Å²) in [6.07, 6.45) is 2.45. The number of hydrogen-bond donors (Lipinski definition) is 0. The number of rotatable bonds is 2. The molecule has 0 aromatic heterocycles. The van der Waals surface area contributed by atoms with Gasteiger partial charge in [-0.2, -0.15) is 0 Å². The van der Waals surface area contributed by atoms with Crippen LogP contribution in [0.25, 0.3) is 0 Å². The van der Waals surface area contributed by atoms with Crippen molar-refractivity contribution in [3.05, 3.63) is 29.3 Å². The van der Waals surface area contributed by atoms with E-state index in [2.05, 4.69) is 4.74 Å².